The van der Waals surface area contributed by atoms with Crippen LogP contribution in [0.25, 0.3) is 0 Å². The Labute approximate surface area is 229 Å². The Morgan fingerprint density at radius 1 is 0.444 bits per heavy atom. The number of nitrogens with zero attached hydrogens (tertiary/aromatic N) is 3. The van der Waals surface area contributed by atoms with Gasteiger partial charge in [0.1, 0.15) is 0 Å². The molecule has 3 saturated carbocycles. The van der Waals surface area contributed by atoms with Gasteiger partial charge in [0.15, 0.2) is 0 Å². The molecule has 3 aliphatic heterocycles. The molecule has 1 unspecified atom stereocenters. The van der Waals surface area contributed by atoms with Crippen molar-refractivity contribution in [3.05, 3.63) is 0 Å². The average Bonchev–Trinajstić information content (AvgIpc) is 3.28. The summed E-state index contributed by atoms with van der Waals surface area (Å²) in [5, 5.41) is 0. The predicted octanol–water partition coefficient (Wildman–Crippen LogP) is 8.29. The zero-order valence-corrected chi connectivity index (χ0v) is 23.3. The molecule has 6 fully saturated rings. The maximum Gasteiger partial charge on any atom is 0.00476 e. The van der Waals surface area contributed by atoms with E-state index in [0.717, 1.165) is 34.0 Å². The highest BCUT2D eigenvalue weighted by molar-refractivity contribution is 5.01. The van der Waals surface area contributed by atoms with Crippen molar-refractivity contribution in [3.63, 3.8) is 0 Å². The fourth-order valence-corrected chi connectivity index (χ4v) is 8.76. The molecule has 1 atom stereocenters. The Hall–Kier alpha value is -0.120. The van der Waals surface area contributed by atoms with Gasteiger partial charge in [-0.25, -0.2) is 0 Å². The lowest BCUT2D eigenvalue weighted by Crippen LogP contribution is -2.60. The van der Waals surface area contributed by atoms with Gasteiger partial charge in [-0.05, 0) is 133 Å². The minimum atomic E-state index is 0. The summed E-state index contributed by atoms with van der Waals surface area (Å²) in [6.07, 6.45) is 17.9. The van der Waals surface area contributed by atoms with E-state index >= 15 is 0 Å². The highest BCUT2D eigenvalue weighted by Crippen LogP contribution is 2.51. The standard InChI is InChI=1S/2C11H21N.C8H15N.3CH4/c1-10-3-5-11(6-4-10)7-8-12(2)9-11;1-10-3-4-11(9-10)5-7-12(2)8-6-11;1-7-3-8(4-7)5-9(2)6-8;;;/h2*10H,3-9H2,1-2H3;7H,3-6H2,1-2H3;3*1H4. The highest BCUT2D eigenvalue weighted by atomic mass is 15.2. The van der Waals surface area contributed by atoms with Gasteiger partial charge < -0.3 is 14.7 Å². The molecule has 6 rings (SSSR count). The van der Waals surface area contributed by atoms with Gasteiger partial charge in [0.25, 0.3) is 0 Å². The summed E-state index contributed by atoms with van der Waals surface area (Å²) in [5.41, 5.74) is 2.35. The van der Waals surface area contributed by atoms with Gasteiger partial charge in [-0.15, -0.1) is 0 Å². The van der Waals surface area contributed by atoms with Crippen LogP contribution in [-0.4, -0.2) is 75.1 Å². The Kier molecular flexibility index (Phi) is 13.0. The monoisotopic (exact) mass is 508 g/mol. The molecule has 216 valence electrons. The molecule has 3 heteroatoms. The number of hydrogen-bond acceptors (Lipinski definition) is 3. The van der Waals surface area contributed by atoms with E-state index < -0.39 is 0 Å². The second-order valence-corrected chi connectivity index (χ2v) is 14.5. The van der Waals surface area contributed by atoms with Gasteiger partial charge in [0.2, 0.25) is 0 Å². The van der Waals surface area contributed by atoms with Crippen molar-refractivity contribution >= 4 is 0 Å². The number of hydrogen-bond donors (Lipinski definition) is 0. The molecule has 3 aliphatic carbocycles. The lowest BCUT2D eigenvalue weighted by atomic mass is 9.58. The van der Waals surface area contributed by atoms with Gasteiger partial charge in [-0.3, -0.25) is 0 Å². The van der Waals surface area contributed by atoms with Crippen molar-refractivity contribution in [2.75, 3.05) is 60.4 Å². The van der Waals surface area contributed by atoms with E-state index in [4.69, 9.17) is 0 Å². The number of rotatable bonds is 0. The van der Waals surface area contributed by atoms with E-state index in [2.05, 4.69) is 56.6 Å². The first-order valence-corrected chi connectivity index (χ1v) is 14.7. The van der Waals surface area contributed by atoms with E-state index in [0.29, 0.717) is 0 Å². The summed E-state index contributed by atoms with van der Waals surface area (Å²) in [6, 6.07) is 0. The molecule has 0 amide bonds. The molecule has 36 heavy (non-hydrogen) atoms. The third-order valence-corrected chi connectivity index (χ3v) is 10.7. The maximum atomic E-state index is 2.51. The van der Waals surface area contributed by atoms with Crippen LogP contribution in [0.3, 0.4) is 0 Å². The molecule has 0 aromatic heterocycles. The molecule has 0 N–H and O–H groups in total. The SMILES string of the molecule is C.C.C.CC1CC2(C1)CN(C)C2.CC1CCC2(CC1)CCN(C)C2.CC1CCC2(CCN(C)CC2)C1. The van der Waals surface area contributed by atoms with Crippen LogP contribution < -0.4 is 0 Å². The predicted molar refractivity (Wildman–Crippen MR) is 163 cm³/mol. The zero-order chi connectivity index (χ0) is 23.7. The van der Waals surface area contributed by atoms with Crippen LogP contribution in [0.5, 0.6) is 0 Å². The van der Waals surface area contributed by atoms with Gasteiger partial charge in [0.05, 0.1) is 0 Å². The molecule has 3 heterocycles. The third kappa shape index (κ3) is 8.44. The summed E-state index contributed by atoms with van der Waals surface area (Å²) in [7, 11) is 6.74. The summed E-state index contributed by atoms with van der Waals surface area (Å²) in [6.45, 7) is 15.3. The van der Waals surface area contributed by atoms with Crippen molar-refractivity contribution in [2.45, 2.75) is 120 Å². The lowest BCUT2D eigenvalue weighted by molar-refractivity contribution is -0.0758. The van der Waals surface area contributed by atoms with Crippen molar-refractivity contribution in [1.82, 2.24) is 14.7 Å². The molecule has 3 spiro atoms. The van der Waals surface area contributed by atoms with Gasteiger partial charge >= 0.3 is 0 Å². The summed E-state index contributed by atoms with van der Waals surface area (Å²) < 4.78 is 0. The molecule has 3 saturated heterocycles. The molecule has 0 bridgehead atoms. The smallest absolute Gasteiger partial charge is 0.00476 e. The highest BCUT2D eigenvalue weighted by Gasteiger charge is 2.49. The second kappa shape index (κ2) is 13.8. The molecule has 3 nitrogen and oxygen atoms in total. The Bertz CT molecular complexity index is 545. The van der Waals surface area contributed by atoms with E-state index in [-0.39, 0.29) is 22.3 Å². The lowest BCUT2D eigenvalue weighted by Gasteiger charge is -2.57. The van der Waals surface area contributed by atoms with Crippen LogP contribution in [0.2, 0.25) is 0 Å². The van der Waals surface area contributed by atoms with Crippen molar-refractivity contribution in [2.24, 2.45) is 34.0 Å². The Balaban J connectivity index is 0.000000262. The van der Waals surface area contributed by atoms with Crippen LogP contribution in [0, 0.1) is 34.0 Å². The molecule has 0 aromatic carbocycles. The minimum absolute atomic E-state index is 0. The normalized spacial score (nSPS) is 32.5. The van der Waals surface area contributed by atoms with Crippen LogP contribution >= 0.6 is 0 Å². The van der Waals surface area contributed by atoms with Crippen molar-refractivity contribution in [3.8, 4) is 0 Å². The van der Waals surface area contributed by atoms with Gasteiger partial charge in [-0.2, -0.15) is 0 Å². The molecule has 6 aliphatic rings. The van der Waals surface area contributed by atoms with Gasteiger partial charge in [-0.1, -0.05) is 62.3 Å². The third-order valence-electron chi connectivity index (χ3n) is 10.7. The first-order chi connectivity index (χ1) is 15.6. The largest absolute Gasteiger partial charge is 0.306 e. The first-order valence-electron chi connectivity index (χ1n) is 14.7. The van der Waals surface area contributed by atoms with Crippen LogP contribution in [0.15, 0.2) is 0 Å². The van der Waals surface area contributed by atoms with Crippen LogP contribution in [0.4, 0.5) is 0 Å². The zero-order valence-electron chi connectivity index (χ0n) is 23.3. The molecule has 0 radical (unpaired) electrons. The van der Waals surface area contributed by atoms with Crippen molar-refractivity contribution < 1.29 is 0 Å². The summed E-state index contributed by atoms with van der Waals surface area (Å²) in [5.74, 6) is 3.04. The quantitative estimate of drug-likeness (QED) is 0.326. The van der Waals surface area contributed by atoms with E-state index in [1.807, 2.05) is 0 Å². The minimum Gasteiger partial charge on any atom is -0.306 e. The van der Waals surface area contributed by atoms with Crippen molar-refractivity contribution in [1.29, 1.82) is 0 Å². The molecular weight excluding hydrogens is 438 g/mol. The topological polar surface area (TPSA) is 9.72 Å². The van der Waals surface area contributed by atoms with Crippen LogP contribution in [-0.2, 0) is 0 Å². The fraction of sp³-hybridized carbons (Fsp3) is 1.00. The van der Waals surface area contributed by atoms with E-state index in [1.165, 1.54) is 116 Å². The van der Waals surface area contributed by atoms with E-state index in [9.17, 15) is 0 Å². The average molecular weight is 508 g/mol. The molecular formula is C33H69N3. The number of likely N-dealkylation sites (tertiary alicyclic amines) is 3. The number of piperidine rings is 1. The molecule has 0 aromatic rings. The summed E-state index contributed by atoms with van der Waals surface area (Å²) >= 11 is 0. The first kappa shape index (κ1) is 33.9. The van der Waals surface area contributed by atoms with E-state index in [1.54, 1.807) is 0 Å². The second-order valence-electron chi connectivity index (χ2n) is 14.5. The Morgan fingerprint density at radius 3 is 1.28 bits per heavy atom. The Morgan fingerprint density at radius 2 is 0.861 bits per heavy atom. The van der Waals surface area contributed by atoms with Crippen LogP contribution in [0.1, 0.15) is 120 Å². The summed E-state index contributed by atoms with van der Waals surface area (Å²) in [4.78, 5) is 7.41. The fourth-order valence-electron chi connectivity index (χ4n) is 8.76. The maximum absolute atomic E-state index is 2.51. The van der Waals surface area contributed by atoms with Gasteiger partial charge in [0, 0.05) is 19.6 Å².